The Morgan fingerprint density at radius 3 is 2.03 bits per heavy atom. The van der Waals surface area contributed by atoms with Crippen LogP contribution in [0.3, 0.4) is 0 Å². The molecule has 0 N–H and O–H groups in total. The van der Waals surface area contributed by atoms with E-state index in [0.29, 0.717) is 28.4 Å². The van der Waals surface area contributed by atoms with Crippen LogP contribution in [-0.2, 0) is 4.74 Å². The lowest BCUT2D eigenvalue weighted by Gasteiger charge is -2.13. The molecule has 8 nitrogen and oxygen atoms in total. The van der Waals surface area contributed by atoms with Gasteiger partial charge in [0, 0.05) is 34.8 Å². The van der Waals surface area contributed by atoms with Crippen LogP contribution in [0.2, 0.25) is 0 Å². The maximum Gasteiger partial charge on any atom is 0.387 e. The van der Waals surface area contributed by atoms with Crippen LogP contribution in [0.1, 0.15) is 32.1 Å². The smallest absolute Gasteiger partial charge is 0.387 e. The Morgan fingerprint density at radius 2 is 1.46 bits per heavy atom. The van der Waals surface area contributed by atoms with Crippen molar-refractivity contribution in [3.05, 3.63) is 65.0 Å². The summed E-state index contributed by atoms with van der Waals surface area (Å²) in [6, 6.07) is 10.6. The van der Waals surface area contributed by atoms with Crippen LogP contribution in [0, 0.1) is 13.8 Å². The molecule has 0 fully saturated rings. The highest BCUT2D eigenvalue weighted by molar-refractivity contribution is 6.01. The summed E-state index contributed by atoms with van der Waals surface area (Å²) >= 11 is 0. The van der Waals surface area contributed by atoms with Crippen LogP contribution in [0.4, 0.5) is 8.78 Å². The van der Waals surface area contributed by atoms with Crippen LogP contribution in [0.5, 0.6) is 23.0 Å². The first-order valence-corrected chi connectivity index (χ1v) is 10.4. The fraction of sp³-hybridized carbons (Fsp3) is 0.280. The number of hydrogen-bond donors (Lipinski definition) is 0. The van der Waals surface area contributed by atoms with Gasteiger partial charge in [0.05, 0.1) is 21.3 Å². The van der Waals surface area contributed by atoms with E-state index in [1.165, 1.54) is 45.6 Å². The Kier molecular flexibility index (Phi) is 7.95. The van der Waals surface area contributed by atoms with Gasteiger partial charge in [-0.25, -0.2) is 4.79 Å². The number of benzene rings is 2. The fourth-order valence-electron chi connectivity index (χ4n) is 3.69. The molecule has 1 aromatic heterocycles. The number of aryl methyl sites for hydroxylation is 1. The van der Waals surface area contributed by atoms with Crippen molar-refractivity contribution >= 4 is 11.8 Å². The maximum atomic E-state index is 12.9. The number of aromatic nitrogens is 1. The van der Waals surface area contributed by atoms with E-state index >= 15 is 0 Å². The third kappa shape index (κ3) is 5.53. The summed E-state index contributed by atoms with van der Waals surface area (Å²) in [6.07, 6.45) is 0. The molecule has 0 atom stereocenters. The van der Waals surface area contributed by atoms with Crippen molar-refractivity contribution in [2.75, 3.05) is 27.9 Å². The molecule has 0 saturated carbocycles. The first-order valence-electron chi connectivity index (χ1n) is 10.4. The van der Waals surface area contributed by atoms with Crippen LogP contribution in [-0.4, -0.2) is 50.9 Å². The summed E-state index contributed by atoms with van der Waals surface area (Å²) < 4.78 is 51.9. The minimum absolute atomic E-state index is 0.0278. The van der Waals surface area contributed by atoms with E-state index in [9.17, 15) is 18.4 Å². The molecular weight excluding hydrogens is 464 g/mol. The normalized spacial score (nSPS) is 10.7. The van der Waals surface area contributed by atoms with E-state index in [1.807, 2.05) is 0 Å². The molecule has 0 saturated heterocycles. The number of ketones is 1. The maximum absolute atomic E-state index is 12.9. The largest absolute Gasteiger partial charge is 0.496 e. The molecule has 186 valence electrons. The third-order valence-corrected chi connectivity index (χ3v) is 5.31. The van der Waals surface area contributed by atoms with Gasteiger partial charge in [0.25, 0.3) is 0 Å². The predicted molar refractivity (Wildman–Crippen MR) is 123 cm³/mol. The van der Waals surface area contributed by atoms with Crippen molar-refractivity contribution in [1.82, 2.24) is 4.57 Å². The zero-order valence-corrected chi connectivity index (χ0v) is 19.9. The molecule has 3 aromatic rings. The number of nitrogens with zero attached hydrogens (tertiary/aromatic N) is 1. The Labute approximate surface area is 200 Å². The van der Waals surface area contributed by atoms with Gasteiger partial charge >= 0.3 is 12.6 Å². The lowest BCUT2D eigenvalue weighted by molar-refractivity contribution is -0.0498. The third-order valence-electron chi connectivity index (χ3n) is 5.31. The second kappa shape index (κ2) is 10.9. The van der Waals surface area contributed by atoms with Crippen molar-refractivity contribution in [2.45, 2.75) is 20.5 Å². The lowest BCUT2D eigenvalue weighted by Crippen LogP contribution is -2.16. The van der Waals surface area contributed by atoms with Crippen molar-refractivity contribution in [1.29, 1.82) is 0 Å². The van der Waals surface area contributed by atoms with Crippen LogP contribution >= 0.6 is 0 Å². The summed E-state index contributed by atoms with van der Waals surface area (Å²) in [5.74, 6) is -0.259. The summed E-state index contributed by atoms with van der Waals surface area (Å²) in [6.45, 7) is 0.125. The van der Waals surface area contributed by atoms with Gasteiger partial charge in [-0.15, -0.1) is 0 Å². The van der Waals surface area contributed by atoms with E-state index in [2.05, 4.69) is 4.74 Å². The Balaban J connectivity index is 1.78. The van der Waals surface area contributed by atoms with E-state index < -0.39 is 25.0 Å². The average molecular weight is 489 g/mol. The number of Topliss-reactive ketones (excluding diaryl/α,β-unsaturated/α-hetero) is 1. The van der Waals surface area contributed by atoms with Gasteiger partial charge in [-0.1, -0.05) is 0 Å². The van der Waals surface area contributed by atoms with Crippen molar-refractivity contribution in [3.8, 4) is 28.7 Å². The van der Waals surface area contributed by atoms with Crippen LogP contribution in [0.15, 0.2) is 42.5 Å². The molecule has 1 heterocycles. The Bertz CT molecular complexity index is 1220. The summed E-state index contributed by atoms with van der Waals surface area (Å²) in [5, 5.41) is 0. The number of carbonyl (C=O) groups excluding carboxylic acids is 2. The van der Waals surface area contributed by atoms with Crippen LogP contribution < -0.4 is 18.9 Å². The van der Waals surface area contributed by atoms with Gasteiger partial charge in [-0.05, 0) is 44.2 Å². The summed E-state index contributed by atoms with van der Waals surface area (Å²) in [7, 11) is 4.28. The highest BCUT2D eigenvalue weighted by Gasteiger charge is 2.22. The monoisotopic (exact) mass is 489 g/mol. The van der Waals surface area contributed by atoms with E-state index in [1.54, 1.807) is 36.6 Å². The number of ether oxygens (including phenoxy) is 5. The standard InChI is InChI=1S/C25H25F2NO7/c1-14-10-18(15(2)28(14)16-6-8-17(9-7-16)35-25(26)27)20(29)13-34-24(30)19-11-22(32-4)23(33-5)12-21(19)31-3/h6-12,25H,13H2,1-5H3. The molecule has 35 heavy (non-hydrogen) atoms. The molecular formula is C25H25F2NO7. The highest BCUT2D eigenvalue weighted by Crippen LogP contribution is 2.35. The molecule has 0 amide bonds. The number of halogens is 2. The summed E-state index contributed by atoms with van der Waals surface area (Å²) in [5.41, 5.74) is 2.45. The van der Waals surface area contributed by atoms with E-state index in [0.717, 1.165) is 5.69 Å². The molecule has 3 rings (SSSR count). The van der Waals surface area contributed by atoms with Gasteiger partial charge in [0.15, 0.2) is 18.1 Å². The quantitative estimate of drug-likeness (QED) is 0.300. The van der Waals surface area contributed by atoms with Gasteiger partial charge in [0.1, 0.15) is 17.1 Å². The number of methoxy groups -OCH3 is 3. The van der Waals surface area contributed by atoms with Crippen molar-refractivity contribution in [2.24, 2.45) is 0 Å². The van der Waals surface area contributed by atoms with Gasteiger partial charge in [-0.3, -0.25) is 4.79 Å². The molecule has 0 aliphatic carbocycles. The summed E-state index contributed by atoms with van der Waals surface area (Å²) in [4.78, 5) is 25.6. The lowest BCUT2D eigenvalue weighted by atomic mass is 10.1. The van der Waals surface area contributed by atoms with Gasteiger partial charge in [0.2, 0.25) is 5.78 Å². The predicted octanol–water partition coefficient (Wildman–Crippen LogP) is 4.76. The van der Waals surface area contributed by atoms with Crippen molar-refractivity contribution in [3.63, 3.8) is 0 Å². The molecule has 2 aromatic carbocycles. The second-order valence-electron chi connectivity index (χ2n) is 7.40. The Hall–Kier alpha value is -4.08. The molecule has 0 aliphatic heterocycles. The zero-order chi connectivity index (χ0) is 25.7. The zero-order valence-electron chi connectivity index (χ0n) is 19.9. The number of alkyl halides is 2. The topological polar surface area (TPSA) is 85.2 Å². The first-order chi connectivity index (χ1) is 16.7. The molecule has 0 aliphatic rings. The number of hydrogen-bond acceptors (Lipinski definition) is 7. The minimum Gasteiger partial charge on any atom is -0.496 e. The van der Waals surface area contributed by atoms with Gasteiger partial charge < -0.3 is 28.3 Å². The van der Waals surface area contributed by atoms with Gasteiger partial charge in [-0.2, -0.15) is 8.78 Å². The minimum atomic E-state index is -2.91. The van der Waals surface area contributed by atoms with Crippen molar-refractivity contribution < 1.29 is 42.1 Å². The van der Waals surface area contributed by atoms with Crippen LogP contribution in [0.25, 0.3) is 5.69 Å². The molecule has 0 radical (unpaired) electrons. The number of rotatable bonds is 10. The second-order valence-corrected chi connectivity index (χ2v) is 7.40. The molecule has 0 unspecified atom stereocenters. The van der Waals surface area contributed by atoms with E-state index in [-0.39, 0.29) is 17.1 Å². The number of carbonyl (C=O) groups is 2. The highest BCUT2D eigenvalue weighted by atomic mass is 19.3. The van der Waals surface area contributed by atoms with E-state index in [4.69, 9.17) is 18.9 Å². The molecule has 0 spiro atoms. The average Bonchev–Trinajstić information content (AvgIpc) is 3.15. The fourth-order valence-corrected chi connectivity index (χ4v) is 3.69. The molecule has 0 bridgehead atoms. The first kappa shape index (κ1) is 25.5. The SMILES string of the molecule is COc1cc(OC)c(C(=O)OCC(=O)c2cc(C)n(-c3ccc(OC(F)F)cc3)c2C)cc1OC. The number of esters is 1. The molecule has 10 heteroatoms. The Morgan fingerprint density at radius 1 is 0.857 bits per heavy atom.